The van der Waals surface area contributed by atoms with Crippen molar-refractivity contribution in [2.24, 2.45) is 0 Å². The molecule has 2 atom stereocenters. The summed E-state index contributed by atoms with van der Waals surface area (Å²) < 4.78 is 38.6. The predicted octanol–water partition coefficient (Wildman–Crippen LogP) is 1.88. The fraction of sp³-hybridized carbons (Fsp3) is 0.350. The maximum Gasteiger partial charge on any atom is 0.241 e. The van der Waals surface area contributed by atoms with E-state index >= 15 is 0 Å². The Morgan fingerprint density at radius 1 is 0.963 bits per heavy atom. The first-order valence-corrected chi connectivity index (χ1v) is 10.8. The first-order chi connectivity index (χ1) is 12.9. The molecule has 2 fully saturated rings. The average molecular weight is 388 g/mol. The minimum atomic E-state index is -3.23. The smallest absolute Gasteiger partial charge is 0.241 e. The molecule has 2 aliphatic heterocycles. The average Bonchev–Trinajstić information content (AvgIpc) is 2.96. The van der Waals surface area contributed by atoms with E-state index in [1.165, 1.54) is 6.07 Å². The lowest BCUT2D eigenvalue weighted by Crippen LogP contribution is -2.62. The third-order valence-electron chi connectivity index (χ3n) is 5.36. The van der Waals surface area contributed by atoms with Crippen LogP contribution in [0.2, 0.25) is 0 Å². The molecule has 0 bridgehead atoms. The van der Waals surface area contributed by atoms with Crippen LogP contribution in [-0.2, 0) is 21.1 Å². The second-order valence-corrected chi connectivity index (χ2v) is 9.28. The van der Waals surface area contributed by atoms with Gasteiger partial charge in [0.25, 0.3) is 0 Å². The molecular weight excluding hydrogens is 367 g/mol. The van der Waals surface area contributed by atoms with Crippen molar-refractivity contribution in [1.29, 1.82) is 0 Å². The number of hydrogen-bond donors (Lipinski definition) is 0. The number of rotatable bonds is 4. The Morgan fingerprint density at radius 2 is 1.63 bits per heavy atom. The highest BCUT2D eigenvalue weighted by atomic mass is 32.2. The second kappa shape index (κ2) is 7.05. The Hall–Kier alpha value is -2.25. The van der Waals surface area contributed by atoms with Gasteiger partial charge in [-0.3, -0.25) is 9.69 Å². The SMILES string of the molecule is O=C1CN(CCc2ccccc2F)[C@H]2CS(=O)(=O)C[C@@H]2N1c1ccccc1. The number of hydrogen-bond acceptors (Lipinski definition) is 4. The summed E-state index contributed by atoms with van der Waals surface area (Å²) in [6.07, 6.45) is 0.439. The first-order valence-electron chi connectivity index (χ1n) is 8.99. The quantitative estimate of drug-likeness (QED) is 0.803. The molecule has 0 radical (unpaired) electrons. The van der Waals surface area contributed by atoms with Crippen LogP contribution in [0.3, 0.4) is 0 Å². The van der Waals surface area contributed by atoms with Crippen LogP contribution in [0, 0.1) is 5.82 Å². The zero-order valence-corrected chi connectivity index (χ0v) is 15.6. The summed E-state index contributed by atoms with van der Waals surface area (Å²) >= 11 is 0. The molecule has 4 rings (SSSR count). The molecule has 1 amide bonds. The number of halogens is 1. The van der Waals surface area contributed by atoms with Crippen molar-refractivity contribution in [3.05, 3.63) is 66.0 Å². The number of fused-ring (bicyclic) bond motifs is 1. The maximum absolute atomic E-state index is 13.9. The Balaban J connectivity index is 1.59. The summed E-state index contributed by atoms with van der Waals surface area (Å²) in [5.74, 6) is -0.393. The van der Waals surface area contributed by atoms with Crippen molar-refractivity contribution in [3.63, 3.8) is 0 Å². The molecule has 2 aliphatic rings. The zero-order valence-electron chi connectivity index (χ0n) is 14.8. The standard InChI is InChI=1S/C20H21FN2O3S/c21-17-9-5-4-6-15(17)10-11-22-12-20(24)23(16-7-2-1-3-8-16)19-14-27(25,26)13-18(19)22/h1-9,18-19H,10-14H2/t18-,19-/m0/s1. The van der Waals surface area contributed by atoms with Gasteiger partial charge < -0.3 is 4.90 Å². The summed E-state index contributed by atoms with van der Waals surface area (Å²) in [7, 11) is -3.23. The van der Waals surface area contributed by atoms with Crippen LogP contribution in [0.4, 0.5) is 10.1 Å². The van der Waals surface area contributed by atoms with Crippen molar-refractivity contribution in [2.45, 2.75) is 18.5 Å². The van der Waals surface area contributed by atoms with Gasteiger partial charge in [-0.1, -0.05) is 36.4 Å². The van der Waals surface area contributed by atoms with Crippen LogP contribution >= 0.6 is 0 Å². The van der Waals surface area contributed by atoms with Crippen molar-refractivity contribution >= 4 is 21.4 Å². The molecule has 142 valence electrons. The predicted molar refractivity (Wildman–Crippen MR) is 102 cm³/mol. The van der Waals surface area contributed by atoms with E-state index < -0.39 is 15.9 Å². The Bertz CT molecular complexity index is 949. The number of carbonyl (C=O) groups is 1. The topological polar surface area (TPSA) is 57.7 Å². The van der Waals surface area contributed by atoms with E-state index in [1.54, 1.807) is 23.1 Å². The molecule has 0 N–H and O–H groups in total. The molecule has 0 saturated carbocycles. The number of nitrogens with zero attached hydrogens (tertiary/aromatic N) is 2. The van der Waals surface area contributed by atoms with Crippen molar-refractivity contribution in [3.8, 4) is 0 Å². The fourth-order valence-electron chi connectivity index (χ4n) is 4.09. The van der Waals surface area contributed by atoms with Gasteiger partial charge in [0.15, 0.2) is 9.84 Å². The van der Waals surface area contributed by atoms with E-state index in [4.69, 9.17) is 0 Å². The van der Waals surface area contributed by atoms with E-state index in [-0.39, 0.29) is 35.8 Å². The van der Waals surface area contributed by atoms with E-state index in [1.807, 2.05) is 35.2 Å². The van der Waals surface area contributed by atoms with Crippen LogP contribution in [0.1, 0.15) is 5.56 Å². The van der Waals surface area contributed by atoms with Gasteiger partial charge in [-0.05, 0) is 30.2 Å². The van der Waals surface area contributed by atoms with Crippen LogP contribution in [-0.4, -0.2) is 55.9 Å². The Kier molecular flexibility index (Phi) is 4.74. The number of sulfone groups is 1. The van der Waals surface area contributed by atoms with E-state index in [0.717, 1.165) is 5.69 Å². The lowest BCUT2D eigenvalue weighted by molar-refractivity contribution is -0.123. The van der Waals surface area contributed by atoms with Crippen molar-refractivity contribution in [2.75, 3.05) is 29.5 Å². The van der Waals surface area contributed by atoms with Crippen molar-refractivity contribution in [1.82, 2.24) is 4.90 Å². The third-order valence-corrected chi connectivity index (χ3v) is 7.06. The Labute approximate surface area is 158 Å². The van der Waals surface area contributed by atoms with E-state index in [0.29, 0.717) is 18.5 Å². The Morgan fingerprint density at radius 3 is 2.37 bits per heavy atom. The molecule has 0 aromatic heterocycles. The minimum absolute atomic E-state index is 0.0332. The highest BCUT2D eigenvalue weighted by Crippen LogP contribution is 2.31. The summed E-state index contributed by atoms with van der Waals surface area (Å²) in [5.41, 5.74) is 1.30. The molecular formula is C20H21FN2O3S. The van der Waals surface area contributed by atoms with Crippen LogP contribution < -0.4 is 4.90 Å². The summed E-state index contributed by atoms with van der Waals surface area (Å²) in [4.78, 5) is 16.4. The van der Waals surface area contributed by atoms with Crippen LogP contribution in [0.25, 0.3) is 0 Å². The molecule has 0 spiro atoms. The normalized spacial score (nSPS) is 24.8. The summed E-state index contributed by atoms with van der Waals surface area (Å²) in [6, 6.07) is 15.1. The molecule has 2 aromatic rings. The number of para-hydroxylation sites is 1. The van der Waals surface area contributed by atoms with E-state index in [9.17, 15) is 17.6 Å². The summed E-state index contributed by atoms with van der Waals surface area (Å²) in [6.45, 7) is 0.589. The fourth-order valence-corrected chi connectivity index (χ4v) is 6.07. The van der Waals surface area contributed by atoms with E-state index in [2.05, 4.69) is 0 Å². The summed E-state index contributed by atoms with van der Waals surface area (Å²) in [5, 5.41) is 0. The molecule has 2 heterocycles. The van der Waals surface area contributed by atoms with Gasteiger partial charge in [-0.2, -0.15) is 0 Å². The van der Waals surface area contributed by atoms with Gasteiger partial charge in [0.1, 0.15) is 5.82 Å². The van der Waals surface area contributed by atoms with Gasteiger partial charge >= 0.3 is 0 Å². The molecule has 0 unspecified atom stereocenters. The molecule has 7 heteroatoms. The van der Waals surface area contributed by atoms with Gasteiger partial charge in [0.2, 0.25) is 5.91 Å². The molecule has 0 aliphatic carbocycles. The van der Waals surface area contributed by atoms with Gasteiger partial charge in [0, 0.05) is 18.3 Å². The number of piperazine rings is 1. The first kappa shape index (κ1) is 18.1. The molecule has 2 aromatic carbocycles. The van der Waals surface area contributed by atoms with Crippen LogP contribution in [0.5, 0.6) is 0 Å². The minimum Gasteiger partial charge on any atom is -0.306 e. The highest BCUT2D eigenvalue weighted by molar-refractivity contribution is 7.91. The maximum atomic E-state index is 13.9. The zero-order chi connectivity index (χ0) is 19.0. The van der Waals surface area contributed by atoms with Gasteiger partial charge in [0.05, 0.1) is 24.1 Å². The second-order valence-electron chi connectivity index (χ2n) is 7.12. The number of carbonyl (C=O) groups excluding carboxylic acids is 1. The van der Waals surface area contributed by atoms with Crippen molar-refractivity contribution < 1.29 is 17.6 Å². The lowest BCUT2D eigenvalue weighted by atomic mass is 10.0. The van der Waals surface area contributed by atoms with Gasteiger partial charge in [-0.25, -0.2) is 12.8 Å². The van der Waals surface area contributed by atoms with Crippen LogP contribution in [0.15, 0.2) is 54.6 Å². The number of anilines is 1. The number of amides is 1. The molecule has 27 heavy (non-hydrogen) atoms. The number of benzene rings is 2. The third kappa shape index (κ3) is 3.61. The van der Waals surface area contributed by atoms with Gasteiger partial charge in [-0.15, -0.1) is 0 Å². The largest absolute Gasteiger partial charge is 0.306 e. The highest BCUT2D eigenvalue weighted by Gasteiger charge is 2.49. The monoisotopic (exact) mass is 388 g/mol. The molecule has 5 nitrogen and oxygen atoms in total. The lowest BCUT2D eigenvalue weighted by Gasteiger charge is -2.43. The molecule has 2 saturated heterocycles.